The maximum atomic E-state index is 2.47. The van der Waals surface area contributed by atoms with Crippen molar-refractivity contribution in [2.24, 2.45) is 0 Å². The Labute approximate surface area is 324 Å². The minimum absolute atomic E-state index is 1.11. The van der Waals surface area contributed by atoms with E-state index in [1.807, 2.05) is 0 Å². The molecule has 260 valence electrons. The number of aromatic nitrogens is 1. The van der Waals surface area contributed by atoms with Crippen LogP contribution in [0.2, 0.25) is 0 Å². The highest BCUT2D eigenvalue weighted by Gasteiger charge is 2.25. The average molecular weight is 711 g/mol. The molecule has 12 rings (SSSR count). The van der Waals surface area contributed by atoms with Crippen molar-refractivity contribution < 1.29 is 0 Å². The summed E-state index contributed by atoms with van der Waals surface area (Å²) in [6.45, 7) is 0. The molecular weight excluding hydrogens is 677 g/mol. The molecule has 0 unspecified atom stereocenters. The van der Waals surface area contributed by atoms with E-state index in [-0.39, 0.29) is 0 Å². The summed E-state index contributed by atoms with van der Waals surface area (Å²) in [7, 11) is 0. The van der Waals surface area contributed by atoms with Crippen LogP contribution in [0.4, 0.5) is 17.1 Å². The first-order valence-electron chi connectivity index (χ1n) is 19.3. The zero-order valence-corrected chi connectivity index (χ0v) is 30.5. The highest BCUT2D eigenvalue weighted by molar-refractivity contribution is 6.19. The summed E-state index contributed by atoms with van der Waals surface area (Å²) in [4.78, 5) is 2.47. The van der Waals surface area contributed by atoms with Gasteiger partial charge in [-0.15, -0.1) is 0 Å². The van der Waals surface area contributed by atoms with Crippen LogP contribution in [0.5, 0.6) is 0 Å². The van der Waals surface area contributed by atoms with E-state index in [1.165, 1.54) is 87.5 Å². The van der Waals surface area contributed by atoms with E-state index in [4.69, 9.17) is 0 Å². The minimum Gasteiger partial charge on any atom is -0.310 e. The van der Waals surface area contributed by atoms with Crippen LogP contribution < -0.4 is 4.90 Å². The van der Waals surface area contributed by atoms with Gasteiger partial charge < -0.3 is 9.47 Å². The van der Waals surface area contributed by atoms with Gasteiger partial charge in [-0.25, -0.2) is 0 Å². The molecule has 10 aromatic carbocycles. The van der Waals surface area contributed by atoms with Crippen molar-refractivity contribution >= 4 is 71.2 Å². The van der Waals surface area contributed by atoms with Crippen LogP contribution in [0.15, 0.2) is 206 Å². The number of nitrogens with zero attached hydrogens (tertiary/aromatic N) is 2. The third kappa shape index (κ3) is 4.57. The van der Waals surface area contributed by atoms with Gasteiger partial charge in [0.05, 0.1) is 16.7 Å². The molecule has 1 aliphatic rings. The number of para-hydroxylation sites is 2. The summed E-state index contributed by atoms with van der Waals surface area (Å²) in [5, 5.41) is 10.1. The molecule has 0 fully saturated rings. The van der Waals surface area contributed by atoms with Gasteiger partial charge in [0.2, 0.25) is 0 Å². The monoisotopic (exact) mass is 710 g/mol. The van der Waals surface area contributed by atoms with E-state index in [0.717, 1.165) is 22.7 Å². The molecule has 0 atom stereocenters. The normalized spacial score (nSPS) is 11.9. The average Bonchev–Trinajstić information content (AvgIpc) is 3.78. The second-order valence-corrected chi connectivity index (χ2v) is 14.9. The fourth-order valence-corrected chi connectivity index (χ4v) is 9.39. The number of hydrogen-bond acceptors (Lipinski definition) is 1. The summed E-state index contributed by atoms with van der Waals surface area (Å²) >= 11 is 0. The maximum absolute atomic E-state index is 2.47. The number of hydrogen-bond donors (Lipinski definition) is 0. The van der Waals surface area contributed by atoms with Gasteiger partial charge in [-0.1, -0.05) is 152 Å². The van der Waals surface area contributed by atoms with Crippen LogP contribution >= 0.6 is 0 Å². The van der Waals surface area contributed by atoms with E-state index in [9.17, 15) is 0 Å². The first kappa shape index (κ1) is 31.0. The molecule has 0 bridgehead atoms. The molecule has 2 nitrogen and oxygen atoms in total. The van der Waals surface area contributed by atoms with Crippen LogP contribution in [0.3, 0.4) is 0 Å². The molecule has 0 spiro atoms. The van der Waals surface area contributed by atoms with Gasteiger partial charge in [0.25, 0.3) is 0 Å². The van der Waals surface area contributed by atoms with E-state index in [0.29, 0.717) is 0 Å². The van der Waals surface area contributed by atoms with Crippen LogP contribution in [0, 0.1) is 0 Å². The smallest absolute Gasteiger partial charge is 0.0561 e. The minimum atomic E-state index is 1.11. The molecule has 1 heterocycles. The molecule has 0 N–H and O–H groups in total. The highest BCUT2D eigenvalue weighted by Crippen LogP contribution is 2.51. The predicted molar refractivity (Wildman–Crippen MR) is 238 cm³/mol. The van der Waals surface area contributed by atoms with Crippen LogP contribution in [0.25, 0.3) is 93.2 Å². The van der Waals surface area contributed by atoms with Crippen molar-refractivity contribution in [1.29, 1.82) is 0 Å². The molecule has 0 saturated carbocycles. The second-order valence-electron chi connectivity index (χ2n) is 14.9. The maximum Gasteiger partial charge on any atom is 0.0561 e. The van der Waals surface area contributed by atoms with Gasteiger partial charge in [-0.2, -0.15) is 0 Å². The van der Waals surface area contributed by atoms with Crippen molar-refractivity contribution in [3.8, 4) is 39.1 Å². The van der Waals surface area contributed by atoms with Crippen LogP contribution in [-0.2, 0) is 0 Å². The van der Waals surface area contributed by atoms with E-state index >= 15 is 0 Å². The topological polar surface area (TPSA) is 8.17 Å². The summed E-state index contributed by atoms with van der Waals surface area (Å²) in [6.07, 6.45) is 0. The molecule has 1 aromatic heterocycles. The summed E-state index contributed by atoms with van der Waals surface area (Å²) in [6, 6.07) is 75.9. The van der Waals surface area contributed by atoms with Gasteiger partial charge in [0.15, 0.2) is 0 Å². The molecule has 1 aliphatic carbocycles. The standard InChI is InChI=1S/C54H34N2/c1-2-14-39(15-3-1)56-51-23-9-8-20-46(51)47-29-27-41(34-53(47)56)55(52-31-30-49-45-19-7-6-18-44(45)48-21-11-22-50(52)54(48)49)40-16-10-13-36(33-40)37-26-28-43-38(32-37)25-24-35-12-4-5-17-42(35)43/h1-34H. The summed E-state index contributed by atoms with van der Waals surface area (Å²) < 4.78 is 2.41. The van der Waals surface area contributed by atoms with Crippen LogP contribution in [-0.4, -0.2) is 4.57 Å². The molecule has 0 aliphatic heterocycles. The molecular formula is C54H34N2. The van der Waals surface area contributed by atoms with Crippen LogP contribution in [0.1, 0.15) is 0 Å². The summed E-state index contributed by atoms with van der Waals surface area (Å²) in [5.41, 5.74) is 14.5. The SMILES string of the molecule is c1ccc(-n2c3ccccc3c3ccc(N(c4cccc(-c5ccc6c(ccc7ccccc76)c5)c4)c4ccc5c6c(cccc46)-c4ccccc4-5)cc32)cc1. The number of anilines is 3. The van der Waals surface area contributed by atoms with Crippen molar-refractivity contribution in [3.05, 3.63) is 206 Å². The van der Waals surface area contributed by atoms with Gasteiger partial charge in [-0.05, 0) is 115 Å². The summed E-state index contributed by atoms with van der Waals surface area (Å²) in [5.74, 6) is 0. The lowest BCUT2D eigenvalue weighted by molar-refractivity contribution is 1.18. The molecule has 11 aromatic rings. The van der Waals surface area contributed by atoms with Crippen molar-refractivity contribution in [3.63, 3.8) is 0 Å². The fraction of sp³-hybridized carbons (Fsp3) is 0. The molecule has 56 heavy (non-hydrogen) atoms. The molecule has 2 heteroatoms. The number of benzene rings is 10. The highest BCUT2D eigenvalue weighted by atomic mass is 15.1. The molecule has 0 amide bonds. The Morgan fingerprint density at radius 1 is 0.321 bits per heavy atom. The Morgan fingerprint density at radius 2 is 0.946 bits per heavy atom. The van der Waals surface area contributed by atoms with Crippen molar-refractivity contribution in [2.75, 3.05) is 4.90 Å². The van der Waals surface area contributed by atoms with Gasteiger partial charge in [0.1, 0.15) is 0 Å². The van der Waals surface area contributed by atoms with Gasteiger partial charge in [-0.3, -0.25) is 0 Å². The lowest BCUT2D eigenvalue weighted by atomic mass is 9.97. The Hall–Kier alpha value is -7.42. The number of fused-ring (bicyclic) bond motifs is 9. The lowest BCUT2D eigenvalue weighted by Crippen LogP contribution is -2.11. The quantitative estimate of drug-likeness (QED) is 0.161. The van der Waals surface area contributed by atoms with Crippen molar-refractivity contribution in [2.45, 2.75) is 0 Å². The molecule has 0 saturated heterocycles. The third-order valence-corrected chi connectivity index (χ3v) is 11.9. The predicted octanol–water partition coefficient (Wildman–Crippen LogP) is 15.0. The second kappa shape index (κ2) is 12.0. The van der Waals surface area contributed by atoms with E-state index in [1.54, 1.807) is 0 Å². The van der Waals surface area contributed by atoms with E-state index < -0.39 is 0 Å². The Balaban J connectivity index is 1.10. The third-order valence-electron chi connectivity index (χ3n) is 11.9. The lowest BCUT2D eigenvalue weighted by Gasteiger charge is -2.28. The van der Waals surface area contributed by atoms with E-state index in [2.05, 4.69) is 216 Å². The zero-order valence-electron chi connectivity index (χ0n) is 30.5. The van der Waals surface area contributed by atoms with Gasteiger partial charge >= 0.3 is 0 Å². The molecule has 0 radical (unpaired) electrons. The first-order valence-corrected chi connectivity index (χ1v) is 19.3. The van der Waals surface area contributed by atoms with Gasteiger partial charge in [0, 0.05) is 33.2 Å². The first-order chi connectivity index (χ1) is 27.8. The zero-order chi connectivity index (χ0) is 36.7. The number of rotatable bonds is 5. The largest absolute Gasteiger partial charge is 0.310 e. The Bertz CT molecular complexity index is 3340. The van der Waals surface area contributed by atoms with Crippen molar-refractivity contribution in [1.82, 2.24) is 4.57 Å². The Kier molecular flexibility index (Phi) is 6.66. The Morgan fingerprint density at radius 3 is 1.84 bits per heavy atom. The fourth-order valence-electron chi connectivity index (χ4n) is 9.39.